The topological polar surface area (TPSA) is 28.6 Å². The summed E-state index contributed by atoms with van der Waals surface area (Å²) in [6.07, 6.45) is 4.58. The first-order valence-electron chi connectivity index (χ1n) is 9.69. The van der Waals surface area contributed by atoms with E-state index in [4.69, 9.17) is 4.74 Å². The Morgan fingerprint density at radius 3 is 2.58 bits per heavy atom. The van der Waals surface area contributed by atoms with Crippen LogP contribution in [0.2, 0.25) is 0 Å². The molecule has 1 saturated carbocycles. The molecule has 2 aliphatic rings. The Bertz CT molecular complexity index is 704. The SMILES string of the molecule is CN(C)C1[C@@H]2CC[C@H]1CN(Cc1cccc(OCc3ccccn3)c1)C2. The Hall–Kier alpha value is -1.91. The fourth-order valence-electron chi connectivity index (χ4n) is 4.90. The van der Waals surface area contributed by atoms with E-state index in [1.54, 1.807) is 6.20 Å². The molecular formula is C22H29N3O. The van der Waals surface area contributed by atoms with E-state index in [0.717, 1.165) is 35.9 Å². The Balaban J connectivity index is 1.36. The molecule has 3 atom stereocenters. The standard InChI is InChI=1S/C22H29N3O/c1-24(2)22-18-9-10-19(22)15-25(14-18)13-17-6-5-8-21(12-17)26-16-20-7-3-4-11-23-20/h3-8,11-12,18-19,22H,9-10,13-16H2,1-2H3/t18-,19+,22?. The summed E-state index contributed by atoms with van der Waals surface area (Å²) < 4.78 is 5.94. The van der Waals surface area contributed by atoms with Crippen LogP contribution in [0.25, 0.3) is 0 Å². The van der Waals surface area contributed by atoms with Crippen molar-refractivity contribution in [1.29, 1.82) is 0 Å². The highest BCUT2D eigenvalue weighted by Crippen LogP contribution is 2.39. The zero-order valence-electron chi connectivity index (χ0n) is 15.8. The molecule has 0 spiro atoms. The second-order valence-electron chi connectivity index (χ2n) is 8.00. The van der Waals surface area contributed by atoms with Crippen molar-refractivity contribution in [2.24, 2.45) is 11.8 Å². The van der Waals surface area contributed by atoms with Gasteiger partial charge in [-0.1, -0.05) is 18.2 Å². The van der Waals surface area contributed by atoms with Crippen LogP contribution in [0, 0.1) is 11.8 Å². The summed E-state index contributed by atoms with van der Waals surface area (Å²) in [6, 6.07) is 15.2. The third-order valence-corrected chi connectivity index (χ3v) is 5.87. The van der Waals surface area contributed by atoms with Gasteiger partial charge in [-0.15, -0.1) is 0 Å². The zero-order chi connectivity index (χ0) is 17.9. The predicted octanol–water partition coefficient (Wildman–Crippen LogP) is 3.43. The second-order valence-corrected chi connectivity index (χ2v) is 8.00. The third-order valence-electron chi connectivity index (χ3n) is 5.87. The van der Waals surface area contributed by atoms with Gasteiger partial charge in [0.2, 0.25) is 0 Å². The first-order valence-corrected chi connectivity index (χ1v) is 9.69. The molecule has 138 valence electrons. The van der Waals surface area contributed by atoms with E-state index in [2.05, 4.69) is 47.1 Å². The maximum atomic E-state index is 5.94. The lowest BCUT2D eigenvalue weighted by Gasteiger charge is -2.41. The van der Waals surface area contributed by atoms with Gasteiger partial charge in [-0.2, -0.15) is 0 Å². The van der Waals surface area contributed by atoms with Crippen LogP contribution in [0.4, 0.5) is 0 Å². The van der Waals surface area contributed by atoms with Gasteiger partial charge < -0.3 is 9.64 Å². The van der Waals surface area contributed by atoms with Gasteiger partial charge in [0.05, 0.1) is 5.69 Å². The van der Waals surface area contributed by atoms with Crippen LogP contribution in [0.5, 0.6) is 5.75 Å². The maximum absolute atomic E-state index is 5.94. The Labute approximate surface area is 156 Å². The first-order chi connectivity index (χ1) is 12.7. The molecular weight excluding hydrogens is 322 g/mol. The summed E-state index contributed by atoms with van der Waals surface area (Å²) in [5.41, 5.74) is 2.30. The molecule has 1 aliphatic heterocycles. The van der Waals surface area contributed by atoms with Gasteiger partial charge in [-0.05, 0) is 68.6 Å². The van der Waals surface area contributed by atoms with Crippen LogP contribution in [0.1, 0.15) is 24.1 Å². The number of fused-ring (bicyclic) bond motifs is 2. The fraction of sp³-hybridized carbons (Fsp3) is 0.500. The van der Waals surface area contributed by atoms with Gasteiger partial charge in [-0.3, -0.25) is 9.88 Å². The molecule has 2 fully saturated rings. The van der Waals surface area contributed by atoms with E-state index in [9.17, 15) is 0 Å². The molecule has 2 aromatic rings. The van der Waals surface area contributed by atoms with Crippen molar-refractivity contribution in [2.45, 2.75) is 32.0 Å². The van der Waals surface area contributed by atoms with Gasteiger partial charge in [0.15, 0.2) is 0 Å². The van der Waals surface area contributed by atoms with E-state index in [-0.39, 0.29) is 0 Å². The maximum Gasteiger partial charge on any atom is 0.130 e. The normalized spacial score (nSPS) is 25.6. The molecule has 1 aromatic carbocycles. The Morgan fingerprint density at radius 1 is 1.08 bits per heavy atom. The van der Waals surface area contributed by atoms with Crippen LogP contribution >= 0.6 is 0 Å². The van der Waals surface area contributed by atoms with Crippen LogP contribution in [-0.2, 0) is 13.2 Å². The summed E-state index contributed by atoms with van der Waals surface area (Å²) in [5.74, 6) is 2.58. The highest BCUT2D eigenvalue weighted by molar-refractivity contribution is 5.28. The molecule has 4 nitrogen and oxygen atoms in total. The van der Waals surface area contributed by atoms with Gasteiger partial charge in [0.1, 0.15) is 12.4 Å². The highest BCUT2D eigenvalue weighted by atomic mass is 16.5. The van der Waals surface area contributed by atoms with E-state index in [1.165, 1.54) is 31.5 Å². The largest absolute Gasteiger partial charge is 0.487 e. The first kappa shape index (κ1) is 17.5. The van der Waals surface area contributed by atoms with Crippen molar-refractivity contribution in [3.8, 4) is 5.75 Å². The minimum absolute atomic E-state index is 0.517. The molecule has 1 unspecified atom stereocenters. The number of hydrogen-bond donors (Lipinski definition) is 0. The molecule has 0 amide bonds. The number of likely N-dealkylation sites (tertiary alicyclic amines) is 1. The molecule has 26 heavy (non-hydrogen) atoms. The van der Waals surface area contributed by atoms with Crippen molar-refractivity contribution in [1.82, 2.24) is 14.8 Å². The molecule has 0 radical (unpaired) electrons. The quantitative estimate of drug-likeness (QED) is 0.797. The Morgan fingerprint density at radius 2 is 1.88 bits per heavy atom. The minimum Gasteiger partial charge on any atom is -0.487 e. The smallest absolute Gasteiger partial charge is 0.130 e. The molecule has 1 aromatic heterocycles. The van der Waals surface area contributed by atoms with Gasteiger partial charge in [0, 0.05) is 31.9 Å². The van der Waals surface area contributed by atoms with Crippen molar-refractivity contribution in [3.05, 3.63) is 59.9 Å². The molecule has 2 heterocycles. The number of benzene rings is 1. The zero-order valence-corrected chi connectivity index (χ0v) is 15.8. The molecule has 1 saturated heterocycles. The second kappa shape index (κ2) is 7.77. The van der Waals surface area contributed by atoms with Crippen molar-refractivity contribution >= 4 is 0 Å². The van der Waals surface area contributed by atoms with Crippen molar-refractivity contribution < 1.29 is 4.74 Å². The molecule has 2 bridgehead atoms. The lowest BCUT2D eigenvalue weighted by Crippen LogP contribution is -2.50. The molecule has 4 rings (SSSR count). The molecule has 4 heteroatoms. The summed E-state index contributed by atoms with van der Waals surface area (Å²) >= 11 is 0. The van der Waals surface area contributed by atoms with Crippen molar-refractivity contribution in [2.75, 3.05) is 27.2 Å². The fourth-order valence-corrected chi connectivity index (χ4v) is 4.90. The number of hydrogen-bond acceptors (Lipinski definition) is 4. The number of aromatic nitrogens is 1. The van der Waals surface area contributed by atoms with Gasteiger partial charge in [-0.25, -0.2) is 0 Å². The minimum atomic E-state index is 0.517. The van der Waals surface area contributed by atoms with Crippen LogP contribution in [0.15, 0.2) is 48.7 Å². The summed E-state index contributed by atoms with van der Waals surface area (Å²) in [6.45, 7) is 3.98. The average Bonchev–Trinajstić information content (AvgIpc) is 2.93. The summed E-state index contributed by atoms with van der Waals surface area (Å²) in [4.78, 5) is 9.41. The molecule has 1 aliphatic carbocycles. The summed E-state index contributed by atoms with van der Waals surface area (Å²) in [5, 5.41) is 0. The van der Waals surface area contributed by atoms with Crippen LogP contribution < -0.4 is 4.74 Å². The van der Waals surface area contributed by atoms with Gasteiger partial charge in [0.25, 0.3) is 0 Å². The lowest BCUT2D eigenvalue weighted by atomic mass is 9.91. The monoisotopic (exact) mass is 351 g/mol. The molecule has 0 N–H and O–H groups in total. The van der Waals surface area contributed by atoms with E-state index < -0.39 is 0 Å². The number of pyridine rings is 1. The van der Waals surface area contributed by atoms with E-state index >= 15 is 0 Å². The summed E-state index contributed by atoms with van der Waals surface area (Å²) in [7, 11) is 4.49. The highest BCUT2D eigenvalue weighted by Gasteiger charge is 2.42. The number of piperidine rings is 1. The van der Waals surface area contributed by atoms with Crippen molar-refractivity contribution in [3.63, 3.8) is 0 Å². The van der Waals surface area contributed by atoms with E-state index in [0.29, 0.717) is 6.61 Å². The number of rotatable bonds is 6. The average molecular weight is 351 g/mol. The van der Waals surface area contributed by atoms with E-state index in [1.807, 2.05) is 24.3 Å². The van der Waals surface area contributed by atoms with Gasteiger partial charge >= 0.3 is 0 Å². The third kappa shape index (κ3) is 3.92. The van der Waals surface area contributed by atoms with Crippen LogP contribution in [0.3, 0.4) is 0 Å². The number of nitrogens with zero attached hydrogens (tertiary/aromatic N) is 3. The lowest BCUT2D eigenvalue weighted by molar-refractivity contribution is 0.0714. The predicted molar refractivity (Wildman–Crippen MR) is 104 cm³/mol. The number of ether oxygens (including phenoxy) is 1. The van der Waals surface area contributed by atoms with Crippen LogP contribution in [-0.4, -0.2) is 48.0 Å². The Kier molecular flexibility index (Phi) is 5.23.